The van der Waals surface area contributed by atoms with Crippen LogP contribution in [0.1, 0.15) is 6.23 Å². The third-order valence-electron chi connectivity index (χ3n) is 7.70. The first kappa shape index (κ1) is 36.1. The molecular formula is C30H38ClN5O11S. The summed E-state index contributed by atoms with van der Waals surface area (Å²) in [6.07, 6.45) is 1.73. The number of benzene rings is 1. The van der Waals surface area contributed by atoms with Crippen molar-refractivity contribution >= 4 is 38.3 Å². The summed E-state index contributed by atoms with van der Waals surface area (Å²) < 4.78 is 60.6. The lowest BCUT2D eigenvalue weighted by atomic mass is 10.1. The second-order valence-corrected chi connectivity index (χ2v) is 13.4. The van der Waals surface area contributed by atoms with Crippen molar-refractivity contribution in [2.45, 2.75) is 34.7 Å². The van der Waals surface area contributed by atoms with Gasteiger partial charge in [0.25, 0.3) is 0 Å². The van der Waals surface area contributed by atoms with Crippen LogP contribution in [0.3, 0.4) is 0 Å². The first-order chi connectivity index (χ1) is 23.2. The molecule has 262 valence electrons. The van der Waals surface area contributed by atoms with E-state index in [0.717, 1.165) is 0 Å². The molecule has 2 fully saturated rings. The van der Waals surface area contributed by atoms with Crippen LogP contribution in [0.25, 0.3) is 11.0 Å². The van der Waals surface area contributed by atoms with Crippen LogP contribution in [0, 0.1) is 12.3 Å². The standard InChI is InChI=1S/C30H38ClN5O11S/c1-2-7-42-8-9-43-10-11-44-12-13-45-14-15-46-20-3-5-21(6-4-20)48(40,41)22-17-35(18-22)27-23-16-32-36(28(23)34-30(31)33-27)29-26(39)25(38)24(19-37)47-29/h1,3-6,16,22,24-26,29,37-39H,7-15,17-19H2/t24-,25-,26-,29-/m1/s1. The molecule has 0 radical (unpaired) electrons. The molecule has 2 saturated heterocycles. The van der Waals surface area contributed by atoms with Crippen molar-refractivity contribution in [1.29, 1.82) is 0 Å². The van der Waals surface area contributed by atoms with Crippen LogP contribution < -0.4 is 9.64 Å². The average Bonchev–Trinajstić information content (AvgIpc) is 3.60. The molecule has 0 aliphatic carbocycles. The number of anilines is 1. The second-order valence-electron chi connectivity index (χ2n) is 10.9. The van der Waals surface area contributed by atoms with Gasteiger partial charge in [0.05, 0.1) is 69.3 Å². The highest BCUT2D eigenvalue weighted by atomic mass is 35.5. The van der Waals surface area contributed by atoms with Crippen molar-refractivity contribution in [3.05, 3.63) is 35.7 Å². The van der Waals surface area contributed by atoms with Gasteiger partial charge in [-0.05, 0) is 35.9 Å². The lowest BCUT2D eigenvalue weighted by molar-refractivity contribution is -0.0566. The number of nitrogens with zero attached hydrogens (tertiary/aromatic N) is 5. The Morgan fingerprint density at radius 1 is 0.938 bits per heavy atom. The Morgan fingerprint density at radius 3 is 2.17 bits per heavy atom. The van der Waals surface area contributed by atoms with E-state index in [0.29, 0.717) is 63.2 Å². The number of sulfone groups is 1. The number of aromatic nitrogens is 4. The van der Waals surface area contributed by atoms with Crippen molar-refractivity contribution in [3.8, 4) is 18.1 Å². The quantitative estimate of drug-likeness (QED) is 0.0842. The fourth-order valence-electron chi connectivity index (χ4n) is 5.13. The highest BCUT2D eigenvalue weighted by molar-refractivity contribution is 7.92. The molecule has 48 heavy (non-hydrogen) atoms. The number of aliphatic hydroxyl groups excluding tert-OH is 3. The smallest absolute Gasteiger partial charge is 0.226 e. The van der Waals surface area contributed by atoms with Crippen LogP contribution in [0.4, 0.5) is 5.82 Å². The van der Waals surface area contributed by atoms with E-state index in [1.54, 1.807) is 17.0 Å². The first-order valence-corrected chi connectivity index (χ1v) is 17.2. The maximum absolute atomic E-state index is 13.4. The fraction of sp³-hybridized carbons (Fsp3) is 0.567. The van der Waals surface area contributed by atoms with Gasteiger partial charge in [-0.1, -0.05) is 5.92 Å². The fourth-order valence-corrected chi connectivity index (χ4v) is 6.94. The number of hydrogen-bond acceptors (Lipinski definition) is 15. The lowest BCUT2D eigenvalue weighted by Gasteiger charge is -2.39. The zero-order chi connectivity index (χ0) is 34.1. The molecule has 4 heterocycles. The largest absolute Gasteiger partial charge is 0.491 e. The van der Waals surface area contributed by atoms with Gasteiger partial charge in [-0.2, -0.15) is 15.1 Å². The molecule has 18 heteroatoms. The van der Waals surface area contributed by atoms with Crippen LogP contribution in [0.5, 0.6) is 5.75 Å². The van der Waals surface area contributed by atoms with Gasteiger partial charge in [0.2, 0.25) is 5.28 Å². The van der Waals surface area contributed by atoms with E-state index in [1.165, 1.54) is 23.0 Å². The Kier molecular flexibility index (Phi) is 12.8. The van der Waals surface area contributed by atoms with E-state index in [1.807, 2.05) is 0 Å². The summed E-state index contributed by atoms with van der Waals surface area (Å²) in [5, 5.41) is 33.9. The van der Waals surface area contributed by atoms with Crippen molar-refractivity contribution in [2.24, 2.45) is 0 Å². The van der Waals surface area contributed by atoms with E-state index >= 15 is 0 Å². The van der Waals surface area contributed by atoms with Crippen molar-refractivity contribution < 1.29 is 52.2 Å². The average molecular weight is 712 g/mol. The summed E-state index contributed by atoms with van der Waals surface area (Å²) in [5.74, 6) is 3.27. The molecule has 2 aromatic heterocycles. The summed E-state index contributed by atoms with van der Waals surface area (Å²) in [6, 6.07) is 6.22. The zero-order valence-electron chi connectivity index (χ0n) is 26.0. The molecule has 0 unspecified atom stereocenters. The van der Waals surface area contributed by atoms with Gasteiger partial charge in [0.15, 0.2) is 21.7 Å². The molecule has 0 amide bonds. The first-order valence-electron chi connectivity index (χ1n) is 15.2. The molecule has 16 nitrogen and oxygen atoms in total. The highest BCUT2D eigenvalue weighted by Crippen LogP contribution is 2.36. The molecule has 3 N–H and O–H groups in total. The van der Waals surface area contributed by atoms with Crippen molar-refractivity contribution in [3.63, 3.8) is 0 Å². The number of aliphatic hydroxyl groups is 3. The third kappa shape index (κ3) is 8.52. The minimum atomic E-state index is -3.66. The summed E-state index contributed by atoms with van der Waals surface area (Å²) in [7, 11) is -3.66. The number of fused-ring (bicyclic) bond motifs is 1. The highest BCUT2D eigenvalue weighted by Gasteiger charge is 2.45. The number of rotatable bonds is 19. The summed E-state index contributed by atoms with van der Waals surface area (Å²) >= 11 is 6.21. The van der Waals surface area contributed by atoms with Gasteiger partial charge in [0, 0.05) is 13.1 Å². The van der Waals surface area contributed by atoms with Crippen LogP contribution in [0.15, 0.2) is 35.4 Å². The Morgan fingerprint density at radius 2 is 1.56 bits per heavy atom. The monoisotopic (exact) mass is 711 g/mol. The van der Waals surface area contributed by atoms with Crippen LogP contribution in [-0.4, -0.2) is 146 Å². The summed E-state index contributed by atoms with van der Waals surface area (Å²) in [6.45, 7) is 3.29. The van der Waals surface area contributed by atoms with Crippen LogP contribution in [-0.2, 0) is 33.5 Å². The van der Waals surface area contributed by atoms with Crippen LogP contribution >= 0.6 is 11.6 Å². The Labute approximate surface area is 282 Å². The number of hydrogen-bond donors (Lipinski definition) is 3. The molecule has 2 aliphatic heterocycles. The number of halogens is 1. The number of ether oxygens (including phenoxy) is 6. The Balaban J connectivity index is 1.05. The molecular weight excluding hydrogens is 674 g/mol. The summed E-state index contributed by atoms with van der Waals surface area (Å²) in [4.78, 5) is 10.4. The Hall–Kier alpha value is -3.15. The topological polar surface area (TPSA) is 197 Å². The maximum Gasteiger partial charge on any atom is 0.226 e. The minimum absolute atomic E-state index is 0.118. The van der Waals surface area contributed by atoms with Gasteiger partial charge in [-0.25, -0.2) is 13.1 Å². The van der Waals surface area contributed by atoms with E-state index in [9.17, 15) is 23.7 Å². The molecule has 4 atom stereocenters. The predicted molar refractivity (Wildman–Crippen MR) is 171 cm³/mol. The van der Waals surface area contributed by atoms with E-state index < -0.39 is 46.2 Å². The second kappa shape index (κ2) is 17.0. The molecule has 2 aliphatic rings. The SMILES string of the molecule is C#CCOCCOCCOCCOCCOc1ccc(S(=O)(=O)C2CN(c3nc(Cl)nc4c3cnn4[C@@H]3O[C@H](CO)[C@@H](O)[C@H]3O)C2)cc1. The Bertz CT molecular complexity index is 1630. The number of terminal acetylenes is 1. The third-order valence-corrected chi connectivity index (χ3v) is 9.98. The normalized spacial score (nSPS) is 21.4. The predicted octanol–water partition coefficient (Wildman–Crippen LogP) is -0.168. The maximum atomic E-state index is 13.4. The van der Waals surface area contributed by atoms with E-state index in [4.69, 9.17) is 46.4 Å². The summed E-state index contributed by atoms with van der Waals surface area (Å²) in [5.41, 5.74) is 0.223. The van der Waals surface area contributed by atoms with Gasteiger partial charge < -0.3 is 48.6 Å². The van der Waals surface area contributed by atoms with Gasteiger partial charge in [-0.3, -0.25) is 0 Å². The lowest BCUT2D eigenvalue weighted by Crippen LogP contribution is -2.55. The molecule has 3 aromatic rings. The molecule has 0 saturated carbocycles. The molecule has 5 rings (SSSR count). The van der Waals surface area contributed by atoms with Crippen molar-refractivity contribution in [1.82, 2.24) is 19.7 Å². The molecule has 0 spiro atoms. The minimum Gasteiger partial charge on any atom is -0.491 e. The van der Waals surface area contributed by atoms with E-state index in [-0.39, 0.29) is 42.1 Å². The van der Waals surface area contributed by atoms with Crippen molar-refractivity contribution in [2.75, 3.05) is 84.1 Å². The zero-order valence-corrected chi connectivity index (χ0v) is 27.5. The molecule has 0 bridgehead atoms. The molecule has 1 aromatic carbocycles. The van der Waals surface area contributed by atoms with Gasteiger partial charge in [0.1, 0.15) is 48.3 Å². The van der Waals surface area contributed by atoms with Crippen LogP contribution in [0.2, 0.25) is 5.28 Å². The van der Waals surface area contributed by atoms with E-state index in [2.05, 4.69) is 21.0 Å². The van der Waals surface area contributed by atoms with Gasteiger partial charge in [-0.15, -0.1) is 6.42 Å². The van der Waals surface area contributed by atoms with Gasteiger partial charge >= 0.3 is 0 Å².